The zero-order valence-electron chi connectivity index (χ0n) is 15.3. The monoisotopic (exact) mass is 431 g/mol. The van der Waals surface area contributed by atoms with E-state index in [9.17, 15) is 14.7 Å². The average Bonchev–Trinajstić information content (AvgIpc) is 2.64. The molecule has 1 spiro atoms. The van der Waals surface area contributed by atoms with E-state index in [4.69, 9.17) is 4.74 Å². The van der Waals surface area contributed by atoms with Gasteiger partial charge in [-0.05, 0) is 59.8 Å². The Morgan fingerprint density at radius 2 is 2.00 bits per heavy atom. The summed E-state index contributed by atoms with van der Waals surface area (Å²) < 4.78 is 7.81. The number of nitrogens with zero attached hydrogens (tertiary/aromatic N) is 1. The number of ether oxygens (including phenoxy) is 1. The zero-order chi connectivity index (χ0) is 19.2. The Kier molecular flexibility index (Phi) is 4.62. The Morgan fingerprint density at radius 1 is 1.26 bits per heavy atom. The first-order valence-corrected chi connectivity index (χ1v) is 10.2. The van der Waals surface area contributed by atoms with E-state index in [2.05, 4.69) is 20.5 Å². The van der Waals surface area contributed by atoms with Crippen molar-refractivity contribution in [3.63, 3.8) is 0 Å². The molecular formula is C21H22BrNO4. The van der Waals surface area contributed by atoms with Crippen LogP contribution in [0.15, 0.2) is 33.7 Å². The fourth-order valence-electron chi connectivity index (χ4n) is 4.55. The molecule has 2 aromatic rings. The highest BCUT2D eigenvalue weighted by atomic mass is 79.9. The number of halogens is 1. The van der Waals surface area contributed by atoms with Gasteiger partial charge in [0.25, 0.3) is 0 Å². The smallest absolute Gasteiger partial charge is 0.343 e. The molecule has 1 aromatic carbocycles. The number of hydrogen-bond acceptors (Lipinski definition) is 4. The van der Waals surface area contributed by atoms with Crippen LogP contribution in [0.1, 0.15) is 54.9 Å². The molecule has 5 nitrogen and oxygen atoms in total. The van der Waals surface area contributed by atoms with Crippen LogP contribution < -0.4 is 5.43 Å². The Hall–Kier alpha value is -2.08. The minimum atomic E-state index is -0.568. The van der Waals surface area contributed by atoms with Crippen LogP contribution in [0, 0.1) is 0 Å². The lowest BCUT2D eigenvalue weighted by molar-refractivity contribution is 0.0522. The molecule has 142 valence electrons. The van der Waals surface area contributed by atoms with Crippen LogP contribution >= 0.6 is 15.9 Å². The second-order valence-electron chi connectivity index (χ2n) is 7.45. The molecule has 1 aromatic heterocycles. The van der Waals surface area contributed by atoms with Crippen LogP contribution in [0.3, 0.4) is 0 Å². The molecule has 0 bridgehead atoms. The largest absolute Gasteiger partial charge is 0.507 e. The molecule has 2 aliphatic rings. The molecule has 27 heavy (non-hydrogen) atoms. The minimum Gasteiger partial charge on any atom is -0.507 e. The molecule has 0 amide bonds. The van der Waals surface area contributed by atoms with Crippen molar-refractivity contribution in [2.75, 3.05) is 6.61 Å². The van der Waals surface area contributed by atoms with Crippen LogP contribution in [0.25, 0.3) is 11.3 Å². The number of phenols is 1. The highest BCUT2D eigenvalue weighted by molar-refractivity contribution is 9.10. The summed E-state index contributed by atoms with van der Waals surface area (Å²) in [5, 5.41) is 10.2. The van der Waals surface area contributed by atoms with Crippen molar-refractivity contribution in [3.8, 4) is 17.0 Å². The number of benzene rings is 1. The molecule has 1 saturated carbocycles. The SMILES string of the molecule is CCOC(=O)c1cn2c(cc1=O)-c1cc(Br)c(O)cc1CC21CCCCC1. The van der Waals surface area contributed by atoms with Crippen LogP contribution in [0.2, 0.25) is 0 Å². The van der Waals surface area contributed by atoms with Gasteiger partial charge in [0.1, 0.15) is 11.3 Å². The lowest BCUT2D eigenvalue weighted by atomic mass is 9.73. The van der Waals surface area contributed by atoms with Gasteiger partial charge in [0.15, 0.2) is 5.43 Å². The first-order chi connectivity index (χ1) is 12.9. The molecule has 1 aliphatic heterocycles. The number of aromatic nitrogens is 1. The Morgan fingerprint density at radius 3 is 2.70 bits per heavy atom. The summed E-state index contributed by atoms with van der Waals surface area (Å²) >= 11 is 3.38. The number of carbonyl (C=O) groups excluding carboxylic acids is 1. The molecule has 4 rings (SSSR count). The summed E-state index contributed by atoms with van der Waals surface area (Å²) in [4.78, 5) is 25.0. The van der Waals surface area contributed by atoms with Gasteiger partial charge in [-0.15, -0.1) is 0 Å². The van der Waals surface area contributed by atoms with Gasteiger partial charge >= 0.3 is 5.97 Å². The quantitative estimate of drug-likeness (QED) is 0.716. The average molecular weight is 432 g/mol. The third-order valence-corrected chi connectivity index (χ3v) is 6.44. The van der Waals surface area contributed by atoms with Crippen molar-refractivity contribution < 1.29 is 14.6 Å². The van der Waals surface area contributed by atoms with E-state index < -0.39 is 5.97 Å². The summed E-state index contributed by atoms with van der Waals surface area (Å²) in [6.45, 7) is 1.97. The predicted octanol–water partition coefficient (Wildman–Crippen LogP) is 4.38. The summed E-state index contributed by atoms with van der Waals surface area (Å²) in [5.41, 5.74) is 2.35. The third kappa shape index (κ3) is 3.00. The van der Waals surface area contributed by atoms with Gasteiger partial charge in [-0.1, -0.05) is 19.3 Å². The Labute approximate surface area is 166 Å². The maximum Gasteiger partial charge on any atom is 0.343 e. The number of aromatic hydroxyl groups is 1. The normalized spacial score (nSPS) is 17.3. The van der Waals surface area contributed by atoms with E-state index in [0.29, 0.717) is 4.47 Å². The van der Waals surface area contributed by atoms with Gasteiger partial charge in [0, 0.05) is 23.4 Å². The van der Waals surface area contributed by atoms with Crippen molar-refractivity contribution in [1.29, 1.82) is 0 Å². The Balaban J connectivity index is 1.97. The molecule has 1 N–H and O–H groups in total. The van der Waals surface area contributed by atoms with Crippen molar-refractivity contribution in [2.24, 2.45) is 0 Å². The van der Waals surface area contributed by atoms with Gasteiger partial charge in [-0.25, -0.2) is 4.79 Å². The molecule has 2 heterocycles. The minimum absolute atomic E-state index is 0.0897. The third-order valence-electron chi connectivity index (χ3n) is 5.81. The molecular weight excluding hydrogens is 410 g/mol. The van der Waals surface area contributed by atoms with E-state index in [1.165, 1.54) is 6.42 Å². The molecule has 0 unspecified atom stereocenters. The van der Waals surface area contributed by atoms with E-state index in [1.54, 1.807) is 25.3 Å². The van der Waals surface area contributed by atoms with Crippen LogP contribution in [-0.4, -0.2) is 22.2 Å². The maximum atomic E-state index is 12.7. The summed E-state index contributed by atoms with van der Waals surface area (Å²) in [6.07, 6.45) is 7.87. The van der Waals surface area contributed by atoms with Crippen LogP contribution in [0.4, 0.5) is 0 Å². The number of phenolic OH excluding ortho intramolecular Hbond substituents is 1. The fraction of sp³-hybridized carbons (Fsp3) is 0.429. The van der Waals surface area contributed by atoms with E-state index in [1.807, 2.05) is 6.07 Å². The first kappa shape index (κ1) is 18.3. The summed E-state index contributed by atoms with van der Waals surface area (Å²) in [7, 11) is 0. The number of carbonyl (C=O) groups is 1. The van der Waals surface area contributed by atoms with E-state index in [0.717, 1.165) is 48.9 Å². The molecule has 0 atom stereocenters. The van der Waals surface area contributed by atoms with Gasteiger partial charge in [-0.3, -0.25) is 4.79 Å². The van der Waals surface area contributed by atoms with Crippen molar-refractivity contribution in [1.82, 2.24) is 4.57 Å². The number of fused-ring (bicyclic) bond motifs is 4. The number of rotatable bonds is 2. The molecule has 6 heteroatoms. The topological polar surface area (TPSA) is 68.5 Å². The van der Waals surface area contributed by atoms with Crippen molar-refractivity contribution in [2.45, 2.75) is 51.0 Å². The second-order valence-corrected chi connectivity index (χ2v) is 8.30. The number of esters is 1. The molecule has 1 fully saturated rings. The zero-order valence-corrected chi connectivity index (χ0v) is 16.8. The Bertz CT molecular complexity index is 973. The van der Waals surface area contributed by atoms with Crippen molar-refractivity contribution in [3.05, 3.63) is 50.2 Å². The lowest BCUT2D eigenvalue weighted by Gasteiger charge is -2.45. The van der Waals surface area contributed by atoms with Gasteiger partial charge in [0.2, 0.25) is 0 Å². The maximum absolute atomic E-state index is 12.7. The van der Waals surface area contributed by atoms with Gasteiger partial charge in [-0.2, -0.15) is 0 Å². The highest BCUT2D eigenvalue weighted by Gasteiger charge is 2.40. The van der Waals surface area contributed by atoms with E-state index >= 15 is 0 Å². The second kappa shape index (κ2) is 6.82. The predicted molar refractivity (Wildman–Crippen MR) is 106 cm³/mol. The fourth-order valence-corrected chi connectivity index (χ4v) is 4.90. The molecule has 0 saturated heterocycles. The number of pyridine rings is 1. The van der Waals surface area contributed by atoms with E-state index in [-0.39, 0.29) is 28.9 Å². The van der Waals surface area contributed by atoms with Gasteiger partial charge in [0.05, 0.1) is 16.8 Å². The van der Waals surface area contributed by atoms with Crippen LogP contribution in [-0.2, 0) is 16.7 Å². The number of hydrogen-bond donors (Lipinski definition) is 1. The summed E-state index contributed by atoms with van der Waals surface area (Å²) in [5.74, 6) is -0.361. The first-order valence-electron chi connectivity index (χ1n) is 9.41. The molecule has 0 radical (unpaired) electrons. The summed E-state index contributed by atoms with van der Waals surface area (Å²) in [6, 6.07) is 5.20. The standard InChI is InChI=1S/C21H22BrNO4/c1-2-27-20(26)15-12-23-17(10-18(15)24)14-9-16(22)19(25)8-13(14)11-21(23)6-4-3-5-7-21/h8-10,12,25H,2-7,11H2,1H3. The van der Waals surface area contributed by atoms with Crippen LogP contribution in [0.5, 0.6) is 5.75 Å². The highest BCUT2D eigenvalue weighted by Crippen LogP contribution is 2.47. The molecule has 1 aliphatic carbocycles. The lowest BCUT2D eigenvalue weighted by Crippen LogP contribution is -2.42. The van der Waals surface area contributed by atoms with Crippen molar-refractivity contribution >= 4 is 21.9 Å². The van der Waals surface area contributed by atoms with Gasteiger partial charge < -0.3 is 14.4 Å².